The molecule has 1 aromatic carbocycles. The van der Waals surface area contributed by atoms with Gasteiger partial charge < -0.3 is 15.5 Å². The number of ether oxygens (including phenoxy) is 1. The van der Waals surface area contributed by atoms with Crippen LogP contribution in [0, 0.1) is 18.3 Å². The Bertz CT molecular complexity index is 878. The minimum Gasteiger partial charge on any atom is -0.422 e. The third-order valence-electron chi connectivity index (χ3n) is 3.41. The first-order valence-corrected chi connectivity index (χ1v) is 6.83. The lowest BCUT2D eigenvalue weighted by Crippen LogP contribution is -2.29. The van der Waals surface area contributed by atoms with E-state index in [0.29, 0.717) is 16.4 Å². The van der Waals surface area contributed by atoms with Crippen molar-refractivity contribution in [2.75, 3.05) is 0 Å². The molecule has 3 N–H and O–H groups in total. The second kappa shape index (κ2) is 5.20. The molecule has 0 radical (unpaired) electrons. The fraction of sp³-hybridized carbons (Fsp3) is 0.133. The Hall–Kier alpha value is -2.78. The zero-order chi connectivity index (χ0) is 15.9. The van der Waals surface area contributed by atoms with Gasteiger partial charge in [-0.05, 0) is 24.6 Å². The van der Waals surface area contributed by atoms with E-state index in [4.69, 9.17) is 22.1 Å². The van der Waals surface area contributed by atoms with Crippen LogP contribution in [0.4, 0.5) is 0 Å². The summed E-state index contributed by atoms with van der Waals surface area (Å²) in [6.45, 7) is 1.64. The molecule has 22 heavy (non-hydrogen) atoms. The van der Waals surface area contributed by atoms with E-state index in [1.54, 1.807) is 31.2 Å². The van der Waals surface area contributed by atoms with Gasteiger partial charge in [0, 0.05) is 5.02 Å². The molecule has 1 aromatic heterocycles. The maximum absolute atomic E-state index is 12.3. The van der Waals surface area contributed by atoms with Crippen LogP contribution in [0.15, 0.2) is 40.5 Å². The van der Waals surface area contributed by atoms with Crippen molar-refractivity contribution in [3.8, 4) is 11.9 Å². The highest BCUT2D eigenvalue weighted by Crippen LogP contribution is 2.39. The Morgan fingerprint density at radius 2 is 2.09 bits per heavy atom. The first-order chi connectivity index (χ1) is 10.5. The van der Waals surface area contributed by atoms with Gasteiger partial charge in [-0.3, -0.25) is 4.79 Å². The summed E-state index contributed by atoms with van der Waals surface area (Å²) < 4.78 is 5.35. The number of aryl methyl sites for hydroxylation is 1. The third-order valence-corrected chi connectivity index (χ3v) is 3.66. The predicted octanol–water partition coefficient (Wildman–Crippen LogP) is 1.95. The van der Waals surface area contributed by atoms with Crippen LogP contribution in [-0.4, -0.2) is 9.97 Å². The lowest BCUT2D eigenvalue weighted by molar-refractivity contribution is 0.373. The maximum Gasteiger partial charge on any atom is 0.258 e. The number of allylic oxidation sites excluding steroid dienone is 1. The van der Waals surface area contributed by atoms with Crippen LogP contribution in [0.1, 0.15) is 22.9 Å². The number of aromatic nitrogens is 2. The van der Waals surface area contributed by atoms with Gasteiger partial charge in [0.2, 0.25) is 11.8 Å². The summed E-state index contributed by atoms with van der Waals surface area (Å²) in [5, 5.41) is 9.95. The standard InChI is InChI=1S/C15H11ClN4O2/c1-7-19-14(21)12-11(8-2-4-9(16)5-3-8)10(6-17)13(18)22-15(12)20-7/h2-5,11H,18H2,1H3,(H,19,20,21). The van der Waals surface area contributed by atoms with Crippen molar-refractivity contribution in [2.24, 2.45) is 5.73 Å². The summed E-state index contributed by atoms with van der Waals surface area (Å²) in [5.41, 5.74) is 6.61. The van der Waals surface area contributed by atoms with E-state index in [0.717, 1.165) is 0 Å². The molecule has 3 rings (SSSR count). The zero-order valence-electron chi connectivity index (χ0n) is 11.6. The molecular formula is C15H11ClN4O2. The van der Waals surface area contributed by atoms with Crippen LogP contribution in [-0.2, 0) is 0 Å². The topological polar surface area (TPSA) is 105 Å². The molecule has 1 aliphatic rings. The Labute approximate surface area is 130 Å². The summed E-state index contributed by atoms with van der Waals surface area (Å²) >= 11 is 5.90. The van der Waals surface area contributed by atoms with Crippen LogP contribution in [0.2, 0.25) is 5.02 Å². The quantitative estimate of drug-likeness (QED) is 0.837. The molecule has 0 aliphatic carbocycles. The summed E-state index contributed by atoms with van der Waals surface area (Å²) in [6, 6.07) is 8.87. The largest absolute Gasteiger partial charge is 0.422 e. The maximum atomic E-state index is 12.3. The van der Waals surface area contributed by atoms with Gasteiger partial charge in [-0.15, -0.1) is 0 Å². The van der Waals surface area contributed by atoms with Crippen molar-refractivity contribution in [1.82, 2.24) is 9.97 Å². The fourth-order valence-electron chi connectivity index (χ4n) is 2.46. The SMILES string of the molecule is Cc1nc2c(c(=O)[nH]1)C(c1ccc(Cl)cc1)C(C#N)=C(N)O2. The lowest BCUT2D eigenvalue weighted by Gasteiger charge is -2.24. The van der Waals surface area contributed by atoms with Crippen molar-refractivity contribution < 1.29 is 4.74 Å². The van der Waals surface area contributed by atoms with Crippen molar-refractivity contribution in [3.05, 3.63) is 68.0 Å². The first-order valence-electron chi connectivity index (χ1n) is 6.45. The summed E-state index contributed by atoms with van der Waals surface area (Å²) in [4.78, 5) is 19.1. The summed E-state index contributed by atoms with van der Waals surface area (Å²) in [5.74, 6) is -0.153. The minimum absolute atomic E-state index is 0.0487. The molecule has 1 unspecified atom stereocenters. The van der Waals surface area contributed by atoms with Gasteiger partial charge in [0.05, 0.1) is 11.5 Å². The number of nitrogens with two attached hydrogens (primary N) is 1. The number of benzene rings is 1. The average Bonchev–Trinajstić information content (AvgIpc) is 2.46. The summed E-state index contributed by atoms with van der Waals surface area (Å²) in [6.07, 6.45) is 0. The molecule has 0 spiro atoms. The van der Waals surface area contributed by atoms with E-state index in [-0.39, 0.29) is 28.5 Å². The number of rotatable bonds is 1. The van der Waals surface area contributed by atoms with Gasteiger partial charge in [0.15, 0.2) is 0 Å². The van der Waals surface area contributed by atoms with Gasteiger partial charge in [-0.2, -0.15) is 10.2 Å². The lowest BCUT2D eigenvalue weighted by atomic mass is 9.85. The molecule has 1 aliphatic heterocycles. The molecule has 0 bridgehead atoms. The predicted molar refractivity (Wildman–Crippen MR) is 80.3 cm³/mol. The highest BCUT2D eigenvalue weighted by atomic mass is 35.5. The van der Waals surface area contributed by atoms with E-state index in [1.165, 1.54) is 0 Å². The van der Waals surface area contributed by atoms with Gasteiger partial charge in [0.1, 0.15) is 17.5 Å². The normalized spacial score (nSPS) is 16.7. The Kier molecular flexibility index (Phi) is 3.35. The zero-order valence-corrected chi connectivity index (χ0v) is 12.3. The average molecular weight is 315 g/mol. The highest BCUT2D eigenvalue weighted by Gasteiger charge is 2.34. The van der Waals surface area contributed by atoms with Crippen molar-refractivity contribution in [1.29, 1.82) is 5.26 Å². The van der Waals surface area contributed by atoms with Gasteiger partial charge in [0.25, 0.3) is 5.56 Å². The van der Waals surface area contributed by atoms with Gasteiger partial charge >= 0.3 is 0 Å². The number of halogens is 1. The number of fused-ring (bicyclic) bond motifs is 1. The fourth-order valence-corrected chi connectivity index (χ4v) is 2.58. The molecule has 6 nitrogen and oxygen atoms in total. The molecule has 1 atom stereocenters. The molecule has 0 saturated heterocycles. The Morgan fingerprint density at radius 1 is 1.41 bits per heavy atom. The number of nitriles is 1. The second-order valence-electron chi connectivity index (χ2n) is 4.85. The number of H-pyrrole nitrogens is 1. The number of nitrogens with zero attached hydrogens (tertiary/aromatic N) is 2. The van der Waals surface area contributed by atoms with E-state index in [1.807, 2.05) is 6.07 Å². The minimum atomic E-state index is -0.636. The van der Waals surface area contributed by atoms with Crippen LogP contribution in [0.3, 0.4) is 0 Å². The third kappa shape index (κ3) is 2.22. The van der Waals surface area contributed by atoms with Crippen LogP contribution in [0.5, 0.6) is 5.88 Å². The van der Waals surface area contributed by atoms with Gasteiger partial charge in [-0.1, -0.05) is 23.7 Å². The second-order valence-corrected chi connectivity index (χ2v) is 5.28. The Balaban J connectivity index is 2.29. The van der Waals surface area contributed by atoms with Crippen LogP contribution < -0.4 is 16.0 Å². The van der Waals surface area contributed by atoms with Crippen LogP contribution >= 0.6 is 11.6 Å². The van der Waals surface area contributed by atoms with Crippen LogP contribution in [0.25, 0.3) is 0 Å². The van der Waals surface area contributed by atoms with Crippen molar-refractivity contribution >= 4 is 11.6 Å². The molecule has 0 amide bonds. The van der Waals surface area contributed by atoms with E-state index >= 15 is 0 Å². The Morgan fingerprint density at radius 3 is 2.73 bits per heavy atom. The molecule has 7 heteroatoms. The van der Waals surface area contributed by atoms with Gasteiger partial charge in [-0.25, -0.2) is 0 Å². The smallest absolute Gasteiger partial charge is 0.258 e. The first kappa shape index (κ1) is 14.2. The number of hydrogen-bond acceptors (Lipinski definition) is 5. The molecule has 110 valence electrons. The van der Waals surface area contributed by atoms with Crippen molar-refractivity contribution in [3.63, 3.8) is 0 Å². The van der Waals surface area contributed by atoms with E-state index in [9.17, 15) is 10.1 Å². The number of hydrogen-bond donors (Lipinski definition) is 2. The summed E-state index contributed by atoms with van der Waals surface area (Å²) in [7, 11) is 0. The molecule has 0 saturated carbocycles. The molecule has 0 fully saturated rings. The monoisotopic (exact) mass is 314 g/mol. The van der Waals surface area contributed by atoms with E-state index in [2.05, 4.69) is 9.97 Å². The molecule has 2 heterocycles. The molecular weight excluding hydrogens is 304 g/mol. The highest BCUT2D eigenvalue weighted by molar-refractivity contribution is 6.30. The number of nitrogens with one attached hydrogen (secondary N) is 1. The van der Waals surface area contributed by atoms with E-state index < -0.39 is 5.92 Å². The number of aromatic amines is 1. The molecule has 2 aromatic rings. The van der Waals surface area contributed by atoms with Crippen molar-refractivity contribution in [2.45, 2.75) is 12.8 Å².